The molecule has 1 fully saturated rings. The number of fused-ring (bicyclic) bond motifs is 1. The van der Waals surface area contributed by atoms with Gasteiger partial charge in [0.15, 0.2) is 11.5 Å². The van der Waals surface area contributed by atoms with E-state index in [2.05, 4.69) is 17.0 Å². The minimum Gasteiger partial charge on any atom is -0.493 e. The lowest BCUT2D eigenvalue weighted by molar-refractivity contribution is 0.101. The van der Waals surface area contributed by atoms with E-state index in [1.807, 2.05) is 11.8 Å². The maximum Gasteiger partial charge on any atom is 0.161 e. The number of methoxy groups -OCH3 is 2. The molecule has 2 heterocycles. The molecule has 0 aromatic heterocycles. The third kappa shape index (κ3) is 2.62. The largest absolute Gasteiger partial charge is 0.493 e. The molecular formula is C16H24N2O2S. The first-order chi connectivity index (χ1) is 10.2. The fourth-order valence-corrected chi connectivity index (χ4v) is 4.92. The fourth-order valence-electron chi connectivity index (χ4n) is 3.42. The van der Waals surface area contributed by atoms with Gasteiger partial charge in [-0.15, -0.1) is 0 Å². The predicted octanol–water partition coefficient (Wildman–Crippen LogP) is 1.90. The first kappa shape index (κ1) is 15.0. The van der Waals surface area contributed by atoms with Gasteiger partial charge in [-0.05, 0) is 41.9 Å². The number of benzene rings is 1. The van der Waals surface area contributed by atoms with E-state index in [-0.39, 0.29) is 5.54 Å². The highest BCUT2D eigenvalue weighted by atomic mass is 32.2. The monoisotopic (exact) mass is 308 g/mol. The summed E-state index contributed by atoms with van der Waals surface area (Å²) in [4.78, 5) is 2.58. The molecule has 116 valence electrons. The van der Waals surface area contributed by atoms with Gasteiger partial charge in [0, 0.05) is 30.9 Å². The molecule has 0 aliphatic carbocycles. The van der Waals surface area contributed by atoms with Crippen molar-refractivity contribution in [3.05, 3.63) is 23.3 Å². The summed E-state index contributed by atoms with van der Waals surface area (Å²) < 4.78 is 10.9. The second-order valence-corrected chi connectivity index (χ2v) is 6.98. The molecule has 0 amide bonds. The van der Waals surface area contributed by atoms with Crippen molar-refractivity contribution in [2.75, 3.05) is 38.8 Å². The van der Waals surface area contributed by atoms with Crippen LogP contribution in [-0.2, 0) is 13.0 Å². The molecule has 1 atom stereocenters. The molecule has 0 radical (unpaired) electrons. The zero-order chi connectivity index (χ0) is 14.9. The molecule has 2 N–H and O–H groups in total. The van der Waals surface area contributed by atoms with Crippen molar-refractivity contribution in [1.82, 2.24) is 4.90 Å². The van der Waals surface area contributed by atoms with Crippen molar-refractivity contribution in [3.63, 3.8) is 0 Å². The molecule has 4 nitrogen and oxygen atoms in total. The van der Waals surface area contributed by atoms with Crippen LogP contribution in [0.2, 0.25) is 0 Å². The van der Waals surface area contributed by atoms with Crippen molar-refractivity contribution in [1.29, 1.82) is 0 Å². The SMILES string of the molecule is COc1cc2c(cc1OC)CN(C1(CN)CCSC1)CC2. The lowest BCUT2D eigenvalue weighted by Gasteiger charge is -2.43. The van der Waals surface area contributed by atoms with E-state index in [0.717, 1.165) is 43.3 Å². The molecular weight excluding hydrogens is 284 g/mol. The van der Waals surface area contributed by atoms with Gasteiger partial charge >= 0.3 is 0 Å². The van der Waals surface area contributed by atoms with Gasteiger partial charge < -0.3 is 15.2 Å². The lowest BCUT2D eigenvalue weighted by Crippen LogP contribution is -2.55. The lowest BCUT2D eigenvalue weighted by atomic mass is 9.90. The molecule has 5 heteroatoms. The van der Waals surface area contributed by atoms with Crippen molar-refractivity contribution in [2.24, 2.45) is 5.73 Å². The van der Waals surface area contributed by atoms with E-state index >= 15 is 0 Å². The van der Waals surface area contributed by atoms with Gasteiger partial charge in [-0.3, -0.25) is 4.90 Å². The van der Waals surface area contributed by atoms with Crippen LogP contribution in [-0.4, -0.2) is 49.3 Å². The summed E-state index contributed by atoms with van der Waals surface area (Å²) in [6.45, 7) is 2.80. The Balaban J connectivity index is 1.88. The Morgan fingerprint density at radius 3 is 2.52 bits per heavy atom. The molecule has 1 saturated heterocycles. The Bertz CT molecular complexity index is 515. The normalized spacial score (nSPS) is 25.7. The first-order valence-electron chi connectivity index (χ1n) is 7.49. The summed E-state index contributed by atoms with van der Waals surface area (Å²) in [6, 6.07) is 4.26. The Morgan fingerprint density at radius 2 is 1.95 bits per heavy atom. The highest BCUT2D eigenvalue weighted by Crippen LogP contribution is 2.38. The van der Waals surface area contributed by atoms with Crippen LogP contribution >= 0.6 is 11.8 Å². The third-order valence-corrected chi connectivity index (χ3v) is 6.09. The number of hydrogen-bond acceptors (Lipinski definition) is 5. The zero-order valence-electron chi connectivity index (χ0n) is 12.9. The van der Waals surface area contributed by atoms with E-state index < -0.39 is 0 Å². The van der Waals surface area contributed by atoms with Crippen LogP contribution in [0.5, 0.6) is 11.5 Å². The first-order valence-corrected chi connectivity index (χ1v) is 8.64. The second kappa shape index (κ2) is 6.07. The van der Waals surface area contributed by atoms with E-state index in [4.69, 9.17) is 15.2 Å². The quantitative estimate of drug-likeness (QED) is 0.920. The molecule has 1 aromatic rings. The number of nitrogens with zero attached hydrogens (tertiary/aromatic N) is 1. The van der Waals surface area contributed by atoms with E-state index in [0.29, 0.717) is 0 Å². The molecule has 3 rings (SSSR count). The summed E-state index contributed by atoms with van der Waals surface area (Å²) >= 11 is 2.03. The molecule has 1 aromatic carbocycles. The predicted molar refractivity (Wildman–Crippen MR) is 87.4 cm³/mol. The molecule has 1 unspecified atom stereocenters. The molecule has 0 saturated carbocycles. The average Bonchev–Trinajstić information content (AvgIpc) is 3.03. The second-order valence-electron chi connectivity index (χ2n) is 5.88. The van der Waals surface area contributed by atoms with Crippen LogP contribution in [0.4, 0.5) is 0 Å². The number of thioether (sulfide) groups is 1. The Kier molecular flexibility index (Phi) is 4.33. The minimum absolute atomic E-state index is 0.190. The highest BCUT2D eigenvalue weighted by molar-refractivity contribution is 7.99. The number of nitrogens with two attached hydrogens (primary N) is 1. The van der Waals surface area contributed by atoms with Gasteiger partial charge in [0.2, 0.25) is 0 Å². The topological polar surface area (TPSA) is 47.7 Å². The maximum atomic E-state index is 6.12. The van der Waals surface area contributed by atoms with Gasteiger partial charge in [-0.1, -0.05) is 0 Å². The highest BCUT2D eigenvalue weighted by Gasteiger charge is 2.40. The molecule has 2 aliphatic heterocycles. The maximum absolute atomic E-state index is 6.12. The molecule has 2 aliphatic rings. The smallest absolute Gasteiger partial charge is 0.161 e. The molecule has 0 bridgehead atoms. The summed E-state index contributed by atoms with van der Waals surface area (Å²) in [6.07, 6.45) is 2.26. The van der Waals surface area contributed by atoms with Gasteiger partial charge in [0.05, 0.1) is 14.2 Å². The van der Waals surface area contributed by atoms with Gasteiger partial charge in [-0.25, -0.2) is 0 Å². The number of rotatable bonds is 4. The van der Waals surface area contributed by atoms with Gasteiger partial charge in [-0.2, -0.15) is 11.8 Å². The fraction of sp³-hybridized carbons (Fsp3) is 0.625. The van der Waals surface area contributed by atoms with Crippen LogP contribution < -0.4 is 15.2 Å². The van der Waals surface area contributed by atoms with Crippen LogP contribution in [0.25, 0.3) is 0 Å². The average molecular weight is 308 g/mol. The minimum atomic E-state index is 0.190. The molecule has 21 heavy (non-hydrogen) atoms. The Morgan fingerprint density at radius 1 is 1.24 bits per heavy atom. The van der Waals surface area contributed by atoms with E-state index in [9.17, 15) is 0 Å². The van der Waals surface area contributed by atoms with Crippen LogP contribution in [0.3, 0.4) is 0 Å². The zero-order valence-corrected chi connectivity index (χ0v) is 13.7. The van der Waals surface area contributed by atoms with Crippen LogP contribution in [0, 0.1) is 0 Å². The Labute approximate surface area is 131 Å². The Hall–Kier alpha value is -0.910. The summed E-state index contributed by atoms with van der Waals surface area (Å²) in [5, 5.41) is 0. The summed E-state index contributed by atoms with van der Waals surface area (Å²) in [5.41, 5.74) is 9.04. The van der Waals surface area contributed by atoms with Crippen molar-refractivity contribution in [3.8, 4) is 11.5 Å². The third-order valence-electron chi connectivity index (χ3n) is 4.85. The van der Waals surface area contributed by atoms with Gasteiger partial charge in [0.25, 0.3) is 0 Å². The van der Waals surface area contributed by atoms with Crippen LogP contribution in [0.15, 0.2) is 12.1 Å². The van der Waals surface area contributed by atoms with Crippen molar-refractivity contribution in [2.45, 2.75) is 24.9 Å². The van der Waals surface area contributed by atoms with Crippen molar-refractivity contribution >= 4 is 11.8 Å². The standard InChI is InChI=1S/C16H24N2O2S/c1-19-14-7-12-3-5-18(9-13(12)8-15(14)20-2)16(10-17)4-6-21-11-16/h7-8H,3-6,9-11,17H2,1-2H3. The molecule has 0 spiro atoms. The summed E-state index contributed by atoms with van der Waals surface area (Å²) in [7, 11) is 3.39. The number of hydrogen-bond donors (Lipinski definition) is 1. The van der Waals surface area contributed by atoms with E-state index in [1.54, 1.807) is 14.2 Å². The van der Waals surface area contributed by atoms with E-state index in [1.165, 1.54) is 23.3 Å². The number of ether oxygens (including phenoxy) is 2. The van der Waals surface area contributed by atoms with Crippen LogP contribution in [0.1, 0.15) is 17.5 Å². The van der Waals surface area contributed by atoms with Crippen molar-refractivity contribution < 1.29 is 9.47 Å². The van der Waals surface area contributed by atoms with Gasteiger partial charge in [0.1, 0.15) is 0 Å². The summed E-state index contributed by atoms with van der Waals surface area (Å²) in [5.74, 6) is 4.04.